The molecule has 1 N–H and O–H groups in total. The Morgan fingerprint density at radius 2 is 1.85 bits per heavy atom. The molecule has 0 aromatic heterocycles. The molecular weight excluding hydrogens is 277 g/mol. The molecule has 2 amide bonds. The summed E-state index contributed by atoms with van der Waals surface area (Å²) < 4.78 is 40.8. The first kappa shape index (κ1) is 15.8. The van der Waals surface area contributed by atoms with Crippen LogP contribution in [0.5, 0.6) is 5.75 Å². The van der Waals surface area contributed by atoms with Gasteiger partial charge in [0, 0.05) is 26.6 Å². The molecule has 8 heteroatoms. The van der Waals surface area contributed by atoms with E-state index in [1.54, 1.807) is 0 Å². The minimum absolute atomic E-state index is 0.0170. The van der Waals surface area contributed by atoms with Gasteiger partial charge in [0.2, 0.25) is 5.91 Å². The zero-order valence-electron chi connectivity index (χ0n) is 11.0. The SMILES string of the molecule is CC(=O)Nc1ccc(C(=O)N(C)C)cc1OC(F)(F)F. The van der Waals surface area contributed by atoms with Crippen molar-refractivity contribution >= 4 is 17.5 Å². The predicted octanol–water partition coefficient (Wildman–Crippen LogP) is 2.25. The maximum atomic E-state index is 12.3. The molecule has 0 aliphatic heterocycles. The Balaban J connectivity index is 3.21. The predicted molar refractivity (Wildman–Crippen MR) is 65.4 cm³/mol. The summed E-state index contributed by atoms with van der Waals surface area (Å²) in [6.45, 7) is 1.15. The Hall–Kier alpha value is -2.25. The molecule has 20 heavy (non-hydrogen) atoms. The molecule has 0 heterocycles. The van der Waals surface area contributed by atoms with Crippen molar-refractivity contribution < 1.29 is 27.5 Å². The van der Waals surface area contributed by atoms with Gasteiger partial charge in [0.05, 0.1) is 5.69 Å². The Morgan fingerprint density at radius 1 is 1.25 bits per heavy atom. The minimum Gasteiger partial charge on any atom is -0.404 e. The summed E-state index contributed by atoms with van der Waals surface area (Å²) in [4.78, 5) is 23.8. The van der Waals surface area contributed by atoms with Crippen LogP contribution in [0, 0.1) is 0 Å². The van der Waals surface area contributed by atoms with Gasteiger partial charge < -0.3 is 15.0 Å². The highest BCUT2D eigenvalue weighted by atomic mass is 19.4. The quantitative estimate of drug-likeness (QED) is 0.928. The number of amides is 2. The number of nitrogens with zero attached hydrogens (tertiary/aromatic N) is 1. The van der Waals surface area contributed by atoms with Crippen molar-refractivity contribution in [1.29, 1.82) is 0 Å². The number of hydrogen-bond donors (Lipinski definition) is 1. The zero-order valence-corrected chi connectivity index (χ0v) is 11.0. The lowest BCUT2D eigenvalue weighted by Crippen LogP contribution is -2.23. The molecule has 0 saturated carbocycles. The maximum Gasteiger partial charge on any atom is 0.573 e. The van der Waals surface area contributed by atoms with Gasteiger partial charge in [-0.1, -0.05) is 0 Å². The van der Waals surface area contributed by atoms with Crippen LogP contribution in [-0.2, 0) is 4.79 Å². The van der Waals surface area contributed by atoms with Gasteiger partial charge in [-0.25, -0.2) is 0 Å². The van der Waals surface area contributed by atoms with Crippen molar-refractivity contribution in [3.63, 3.8) is 0 Å². The molecule has 0 spiro atoms. The average molecular weight is 290 g/mol. The third-order valence-electron chi connectivity index (χ3n) is 2.17. The van der Waals surface area contributed by atoms with Crippen molar-refractivity contribution in [2.24, 2.45) is 0 Å². The standard InChI is InChI=1S/C12H13F3N2O3/c1-7(18)16-9-5-4-8(11(19)17(2)3)6-10(9)20-12(13,14)15/h4-6H,1-3H3,(H,16,18). The Labute approximate surface area is 113 Å². The molecule has 1 aromatic rings. The molecule has 0 aliphatic carbocycles. The van der Waals surface area contributed by atoms with Crippen molar-refractivity contribution in [3.8, 4) is 5.75 Å². The number of anilines is 1. The lowest BCUT2D eigenvalue weighted by molar-refractivity contribution is -0.274. The third-order valence-corrected chi connectivity index (χ3v) is 2.17. The summed E-state index contributed by atoms with van der Waals surface area (Å²) in [7, 11) is 2.93. The molecule has 0 bridgehead atoms. The average Bonchev–Trinajstić information content (AvgIpc) is 2.27. The van der Waals surface area contributed by atoms with Crippen LogP contribution in [0.4, 0.5) is 18.9 Å². The summed E-state index contributed by atoms with van der Waals surface area (Å²) in [5.74, 6) is -1.67. The highest BCUT2D eigenvalue weighted by Gasteiger charge is 2.32. The number of carbonyl (C=O) groups is 2. The van der Waals surface area contributed by atoms with E-state index in [4.69, 9.17) is 0 Å². The summed E-state index contributed by atoms with van der Waals surface area (Å²) in [5.41, 5.74) is -0.145. The molecule has 1 rings (SSSR count). The van der Waals surface area contributed by atoms with E-state index in [9.17, 15) is 22.8 Å². The first-order valence-electron chi connectivity index (χ1n) is 5.49. The highest BCUT2D eigenvalue weighted by molar-refractivity contribution is 5.96. The largest absolute Gasteiger partial charge is 0.573 e. The third kappa shape index (κ3) is 4.45. The fourth-order valence-electron chi connectivity index (χ4n) is 1.42. The molecule has 5 nitrogen and oxygen atoms in total. The van der Waals surface area contributed by atoms with E-state index >= 15 is 0 Å². The molecule has 1 aromatic carbocycles. The smallest absolute Gasteiger partial charge is 0.404 e. The van der Waals surface area contributed by atoms with E-state index in [-0.39, 0.29) is 11.3 Å². The van der Waals surface area contributed by atoms with E-state index in [0.29, 0.717) is 0 Å². The molecule has 110 valence electrons. The van der Waals surface area contributed by atoms with Gasteiger partial charge in [0.15, 0.2) is 5.75 Å². The molecule has 0 radical (unpaired) electrons. The van der Waals surface area contributed by atoms with Crippen LogP contribution in [-0.4, -0.2) is 37.2 Å². The highest BCUT2D eigenvalue weighted by Crippen LogP contribution is 2.31. The van der Waals surface area contributed by atoms with Gasteiger partial charge in [-0.05, 0) is 18.2 Å². The number of hydrogen-bond acceptors (Lipinski definition) is 3. The lowest BCUT2D eigenvalue weighted by atomic mass is 10.1. The summed E-state index contributed by atoms with van der Waals surface area (Å²) in [5, 5.41) is 2.20. The number of rotatable bonds is 3. The Kier molecular flexibility index (Phi) is 4.59. The topological polar surface area (TPSA) is 58.6 Å². The van der Waals surface area contributed by atoms with E-state index in [1.807, 2.05) is 0 Å². The molecule has 0 unspecified atom stereocenters. The molecule has 0 aliphatic rings. The van der Waals surface area contributed by atoms with Crippen LogP contribution >= 0.6 is 0 Å². The Morgan fingerprint density at radius 3 is 2.30 bits per heavy atom. The van der Waals surface area contributed by atoms with Gasteiger partial charge >= 0.3 is 6.36 Å². The van der Waals surface area contributed by atoms with Crippen LogP contribution in [0.3, 0.4) is 0 Å². The lowest BCUT2D eigenvalue weighted by Gasteiger charge is -2.16. The Bertz CT molecular complexity index is 527. The molecule has 0 fully saturated rings. The molecule has 0 saturated heterocycles. The number of ether oxygens (including phenoxy) is 1. The molecule has 0 atom stereocenters. The normalized spacial score (nSPS) is 10.9. The second kappa shape index (κ2) is 5.81. The molecular formula is C12H13F3N2O3. The van der Waals surface area contributed by atoms with Gasteiger partial charge in [0.1, 0.15) is 0 Å². The fraction of sp³-hybridized carbons (Fsp3) is 0.333. The minimum atomic E-state index is -4.92. The van der Waals surface area contributed by atoms with Crippen molar-refractivity contribution in [2.75, 3.05) is 19.4 Å². The summed E-state index contributed by atoms with van der Waals surface area (Å²) >= 11 is 0. The van der Waals surface area contributed by atoms with Crippen molar-refractivity contribution in [3.05, 3.63) is 23.8 Å². The van der Waals surface area contributed by atoms with Crippen LogP contribution in [0.2, 0.25) is 0 Å². The van der Waals surface area contributed by atoms with Gasteiger partial charge in [0.25, 0.3) is 5.91 Å². The second-order valence-corrected chi connectivity index (χ2v) is 4.14. The van der Waals surface area contributed by atoms with Crippen molar-refractivity contribution in [2.45, 2.75) is 13.3 Å². The monoisotopic (exact) mass is 290 g/mol. The van der Waals surface area contributed by atoms with E-state index in [2.05, 4.69) is 10.1 Å². The van der Waals surface area contributed by atoms with E-state index < -0.39 is 23.9 Å². The number of benzene rings is 1. The van der Waals surface area contributed by atoms with Crippen LogP contribution in [0.25, 0.3) is 0 Å². The summed E-state index contributed by atoms with van der Waals surface area (Å²) in [6, 6.07) is 3.41. The van der Waals surface area contributed by atoms with Gasteiger partial charge in [-0.15, -0.1) is 13.2 Å². The van der Waals surface area contributed by atoms with E-state index in [0.717, 1.165) is 13.0 Å². The number of nitrogens with one attached hydrogen (secondary N) is 1. The van der Waals surface area contributed by atoms with Gasteiger partial charge in [-0.2, -0.15) is 0 Å². The summed E-state index contributed by atoms with van der Waals surface area (Å²) in [6.07, 6.45) is -4.92. The zero-order chi connectivity index (χ0) is 15.5. The number of halogens is 3. The van der Waals surface area contributed by atoms with Crippen LogP contribution in [0.15, 0.2) is 18.2 Å². The maximum absolute atomic E-state index is 12.3. The van der Waals surface area contributed by atoms with E-state index in [1.165, 1.54) is 31.1 Å². The van der Waals surface area contributed by atoms with Crippen molar-refractivity contribution in [1.82, 2.24) is 4.90 Å². The first-order chi connectivity index (χ1) is 9.10. The van der Waals surface area contributed by atoms with Crippen LogP contribution in [0.1, 0.15) is 17.3 Å². The number of alkyl halides is 3. The fourth-order valence-corrected chi connectivity index (χ4v) is 1.42. The van der Waals surface area contributed by atoms with Gasteiger partial charge in [-0.3, -0.25) is 9.59 Å². The van der Waals surface area contributed by atoms with Crippen LogP contribution < -0.4 is 10.1 Å². The first-order valence-corrected chi connectivity index (χ1v) is 5.49. The second-order valence-electron chi connectivity index (χ2n) is 4.14. The number of carbonyl (C=O) groups excluding carboxylic acids is 2.